The van der Waals surface area contributed by atoms with E-state index in [-0.39, 0.29) is 11.5 Å². The van der Waals surface area contributed by atoms with Crippen molar-refractivity contribution in [1.29, 1.82) is 0 Å². The van der Waals surface area contributed by atoms with Crippen LogP contribution in [0.3, 0.4) is 0 Å². The Balaban J connectivity index is 1.69. The molecule has 0 aromatic carbocycles. The first-order valence-electron chi connectivity index (χ1n) is 7.49. The number of nitrogens with one attached hydrogen (secondary N) is 1. The van der Waals surface area contributed by atoms with Crippen LogP contribution >= 0.6 is 11.3 Å². The van der Waals surface area contributed by atoms with Gasteiger partial charge in [-0.05, 0) is 12.8 Å². The third-order valence-corrected chi connectivity index (χ3v) is 4.86. The van der Waals surface area contributed by atoms with E-state index in [0.29, 0.717) is 11.0 Å². The van der Waals surface area contributed by atoms with Gasteiger partial charge < -0.3 is 9.15 Å². The molecule has 2 heterocycles. The lowest BCUT2D eigenvalue weighted by atomic mass is 9.90. The van der Waals surface area contributed by atoms with Gasteiger partial charge in [-0.15, -0.1) is 10.2 Å². The van der Waals surface area contributed by atoms with E-state index in [0.717, 1.165) is 30.2 Å². The van der Waals surface area contributed by atoms with Gasteiger partial charge in [-0.1, -0.05) is 30.6 Å². The lowest BCUT2D eigenvalue weighted by Gasteiger charge is -2.18. The Bertz CT molecular complexity index is 749. The van der Waals surface area contributed by atoms with Crippen LogP contribution in [0.4, 0.5) is 5.13 Å². The predicted molar refractivity (Wildman–Crippen MR) is 85.2 cm³/mol. The molecule has 2 aromatic heterocycles. The Labute approximate surface area is 136 Å². The molecule has 8 heteroatoms. The molecule has 0 atom stereocenters. The molecule has 1 amide bonds. The van der Waals surface area contributed by atoms with Gasteiger partial charge in [0, 0.05) is 12.0 Å². The van der Waals surface area contributed by atoms with Crippen molar-refractivity contribution in [2.45, 2.75) is 38.0 Å². The van der Waals surface area contributed by atoms with Gasteiger partial charge in [-0.3, -0.25) is 14.9 Å². The first-order valence-corrected chi connectivity index (χ1v) is 8.30. The van der Waals surface area contributed by atoms with Gasteiger partial charge >= 0.3 is 0 Å². The van der Waals surface area contributed by atoms with Crippen LogP contribution in [0.25, 0.3) is 0 Å². The van der Waals surface area contributed by atoms with Crippen molar-refractivity contribution in [3.63, 3.8) is 0 Å². The molecular weight excluding hydrogens is 318 g/mol. The van der Waals surface area contributed by atoms with Crippen molar-refractivity contribution in [2.24, 2.45) is 0 Å². The van der Waals surface area contributed by atoms with E-state index in [4.69, 9.17) is 9.15 Å². The SMILES string of the molecule is COc1coc(C(=O)Nc2nnc(C3CCCCC3)s2)cc1=O. The number of hydrogen-bond acceptors (Lipinski definition) is 7. The van der Waals surface area contributed by atoms with Crippen molar-refractivity contribution < 1.29 is 13.9 Å². The van der Waals surface area contributed by atoms with E-state index in [2.05, 4.69) is 15.5 Å². The first-order chi connectivity index (χ1) is 11.2. The van der Waals surface area contributed by atoms with E-state index in [1.54, 1.807) is 0 Å². The Morgan fingerprint density at radius 3 is 2.83 bits per heavy atom. The number of aromatic nitrogens is 2. The van der Waals surface area contributed by atoms with Crippen LogP contribution in [0.15, 0.2) is 21.5 Å². The number of anilines is 1. The van der Waals surface area contributed by atoms with Gasteiger partial charge in [-0.25, -0.2) is 0 Å². The third-order valence-electron chi connectivity index (χ3n) is 3.86. The molecule has 1 fully saturated rings. The highest BCUT2D eigenvalue weighted by atomic mass is 32.1. The molecule has 1 saturated carbocycles. The summed E-state index contributed by atoms with van der Waals surface area (Å²) < 4.78 is 9.92. The highest BCUT2D eigenvalue weighted by molar-refractivity contribution is 7.15. The molecular formula is C15H17N3O4S. The molecule has 23 heavy (non-hydrogen) atoms. The number of methoxy groups -OCH3 is 1. The van der Waals surface area contributed by atoms with Crippen molar-refractivity contribution in [3.05, 3.63) is 33.3 Å². The van der Waals surface area contributed by atoms with Crippen LogP contribution in [0, 0.1) is 0 Å². The number of rotatable bonds is 4. The standard InChI is InChI=1S/C15H17N3O4S/c1-21-12-8-22-11(7-10(12)19)13(20)16-15-18-17-14(23-15)9-5-3-2-4-6-9/h7-9H,2-6H2,1H3,(H,16,18,20). The van der Waals surface area contributed by atoms with E-state index >= 15 is 0 Å². The predicted octanol–water partition coefficient (Wildman–Crippen LogP) is 2.80. The molecule has 0 spiro atoms. The lowest BCUT2D eigenvalue weighted by Crippen LogP contribution is -2.15. The second kappa shape index (κ2) is 6.91. The number of ether oxygens (including phenoxy) is 1. The van der Waals surface area contributed by atoms with Gasteiger partial charge in [0.15, 0.2) is 5.76 Å². The molecule has 1 aliphatic carbocycles. The minimum Gasteiger partial charge on any atom is -0.490 e. The maximum absolute atomic E-state index is 12.1. The average molecular weight is 335 g/mol. The van der Waals surface area contributed by atoms with Crippen LogP contribution < -0.4 is 15.5 Å². The second-order valence-electron chi connectivity index (χ2n) is 5.41. The normalized spacial score (nSPS) is 15.3. The first kappa shape index (κ1) is 15.7. The molecule has 0 aliphatic heterocycles. The summed E-state index contributed by atoms with van der Waals surface area (Å²) in [5, 5.41) is 12.2. The van der Waals surface area contributed by atoms with Crippen LogP contribution in [0.2, 0.25) is 0 Å². The number of nitrogens with zero attached hydrogens (tertiary/aromatic N) is 2. The maximum Gasteiger partial charge on any atom is 0.293 e. The monoisotopic (exact) mass is 335 g/mol. The van der Waals surface area contributed by atoms with Gasteiger partial charge in [0.25, 0.3) is 5.91 Å². The minimum atomic E-state index is -0.531. The lowest BCUT2D eigenvalue weighted by molar-refractivity contribution is 0.0993. The fraction of sp³-hybridized carbons (Fsp3) is 0.467. The second-order valence-corrected chi connectivity index (χ2v) is 6.42. The van der Waals surface area contributed by atoms with Gasteiger partial charge in [0.05, 0.1) is 7.11 Å². The summed E-state index contributed by atoms with van der Waals surface area (Å²) in [4.78, 5) is 23.8. The molecule has 0 bridgehead atoms. The van der Waals surface area contributed by atoms with Crippen molar-refractivity contribution in [1.82, 2.24) is 10.2 Å². The van der Waals surface area contributed by atoms with Crippen LogP contribution in [-0.2, 0) is 0 Å². The molecule has 3 rings (SSSR count). The zero-order chi connectivity index (χ0) is 16.2. The van der Waals surface area contributed by atoms with E-state index in [9.17, 15) is 9.59 Å². The summed E-state index contributed by atoms with van der Waals surface area (Å²) in [5.41, 5.74) is -0.413. The number of hydrogen-bond donors (Lipinski definition) is 1. The van der Waals surface area contributed by atoms with Crippen LogP contribution in [0.1, 0.15) is 53.6 Å². The Kier molecular flexibility index (Phi) is 4.71. The molecule has 1 N–H and O–H groups in total. The summed E-state index contributed by atoms with van der Waals surface area (Å²) in [5.74, 6) is -0.135. The number of amides is 1. The van der Waals surface area contributed by atoms with E-state index < -0.39 is 11.3 Å². The number of carbonyl (C=O) groups is 1. The summed E-state index contributed by atoms with van der Waals surface area (Å²) in [6.45, 7) is 0. The minimum absolute atomic E-state index is 0.0528. The quantitative estimate of drug-likeness (QED) is 0.923. The molecule has 0 saturated heterocycles. The fourth-order valence-corrected chi connectivity index (χ4v) is 3.53. The summed E-state index contributed by atoms with van der Waals surface area (Å²) >= 11 is 1.38. The maximum atomic E-state index is 12.1. The highest BCUT2D eigenvalue weighted by Gasteiger charge is 2.21. The smallest absolute Gasteiger partial charge is 0.293 e. The van der Waals surface area contributed by atoms with Crippen molar-refractivity contribution in [2.75, 3.05) is 12.4 Å². The molecule has 0 unspecified atom stereocenters. The van der Waals surface area contributed by atoms with Gasteiger partial charge in [0.2, 0.25) is 16.3 Å². The number of carbonyl (C=O) groups excluding carboxylic acids is 1. The van der Waals surface area contributed by atoms with Gasteiger partial charge in [-0.2, -0.15) is 0 Å². The van der Waals surface area contributed by atoms with Crippen molar-refractivity contribution in [3.8, 4) is 5.75 Å². The van der Waals surface area contributed by atoms with E-state index in [1.807, 2.05) is 0 Å². The molecule has 7 nitrogen and oxygen atoms in total. The van der Waals surface area contributed by atoms with Crippen molar-refractivity contribution >= 4 is 22.4 Å². The molecule has 2 aromatic rings. The zero-order valence-electron chi connectivity index (χ0n) is 12.7. The van der Waals surface area contributed by atoms with Crippen LogP contribution in [0.5, 0.6) is 5.75 Å². The highest BCUT2D eigenvalue weighted by Crippen LogP contribution is 2.35. The third kappa shape index (κ3) is 3.58. The summed E-state index contributed by atoms with van der Waals surface area (Å²) in [6.07, 6.45) is 7.05. The Hall–Kier alpha value is -2.22. The Morgan fingerprint density at radius 2 is 2.13 bits per heavy atom. The topological polar surface area (TPSA) is 94.3 Å². The summed E-state index contributed by atoms with van der Waals surface area (Å²) in [6, 6.07) is 1.09. The molecule has 122 valence electrons. The summed E-state index contributed by atoms with van der Waals surface area (Å²) in [7, 11) is 1.36. The molecule has 0 radical (unpaired) electrons. The Morgan fingerprint density at radius 1 is 1.35 bits per heavy atom. The molecule has 1 aliphatic rings. The van der Waals surface area contributed by atoms with Gasteiger partial charge in [0.1, 0.15) is 11.3 Å². The van der Waals surface area contributed by atoms with E-state index in [1.165, 1.54) is 37.7 Å². The van der Waals surface area contributed by atoms with Crippen LogP contribution in [-0.4, -0.2) is 23.2 Å². The largest absolute Gasteiger partial charge is 0.490 e. The average Bonchev–Trinajstić information content (AvgIpc) is 3.04. The fourth-order valence-electron chi connectivity index (χ4n) is 2.63. The zero-order valence-corrected chi connectivity index (χ0v) is 13.5.